The number of rotatable bonds is 2. The lowest BCUT2D eigenvalue weighted by molar-refractivity contribution is -0.155. The van der Waals surface area contributed by atoms with Gasteiger partial charge in [0, 0.05) is 6.54 Å². The summed E-state index contributed by atoms with van der Waals surface area (Å²) in [4.78, 5) is 26.0. The Bertz CT molecular complexity index is 407. The van der Waals surface area contributed by atoms with Crippen molar-refractivity contribution in [3.63, 3.8) is 0 Å². The molecule has 2 fully saturated rings. The summed E-state index contributed by atoms with van der Waals surface area (Å²) in [6.45, 7) is 6.12. The van der Waals surface area contributed by atoms with Crippen molar-refractivity contribution in [1.29, 1.82) is 0 Å². The van der Waals surface area contributed by atoms with Gasteiger partial charge in [-0.25, -0.2) is 4.79 Å². The Morgan fingerprint density at radius 3 is 2.29 bits per heavy atom. The van der Waals surface area contributed by atoms with Crippen LogP contribution in [0, 0.1) is 5.41 Å². The molecule has 0 aromatic rings. The fourth-order valence-electron chi connectivity index (χ4n) is 3.75. The fourth-order valence-corrected chi connectivity index (χ4v) is 3.75. The number of aliphatic carboxylic acids is 1. The number of hydrogen-bond acceptors (Lipinski definition) is 3. The Morgan fingerprint density at radius 2 is 1.76 bits per heavy atom. The minimum absolute atomic E-state index is 0.217. The van der Waals surface area contributed by atoms with Crippen LogP contribution in [0.1, 0.15) is 65.7 Å². The van der Waals surface area contributed by atoms with Gasteiger partial charge in [-0.05, 0) is 46.5 Å². The summed E-state index contributed by atoms with van der Waals surface area (Å²) < 4.78 is 5.46. The van der Waals surface area contributed by atoms with Gasteiger partial charge in [-0.1, -0.05) is 19.3 Å². The first-order chi connectivity index (χ1) is 9.76. The summed E-state index contributed by atoms with van der Waals surface area (Å²) >= 11 is 0. The molecule has 2 rings (SSSR count). The highest BCUT2D eigenvalue weighted by Crippen LogP contribution is 2.45. The lowest BCUT2D eigenvalue weighted by Crippen LogP contribution is -2.53. The van der Waals surface area contributed by atoms with E-state index in [-0.39, 0.29) is 12.1 Å². The number of carboxylic acids is 1. The van der Waals surface area contributed by atoms with Crippen molar-refractivity contribution in [2.45, 2.75) is 77.4 Å². The second-order valence-electron chi connectivity index (χ2n) is 7.35. The van der Waals surface area contributed by atoms with Gasteiger partial charge in [0.2, 0.25) is 0 Å². The fraction of sp³-hybridized carbons (Fsp3) is 0.875. The molecule has 1 N–H and O–H groups in total. The van der Waals surface area contributed by atoms with E-state index in [2.05, 4.69) is 0 Å². The molecular formula is C16H27NO4. The molecule has 0 bridgehead atoms. The van der Waals surface area contributed by atoms with Gasteiger partial charge in [0.05, 0.1) is 11.5 Å². The third kappa shape index (κ3) is 3.33. The van der Waals surface area contributed by atoms with Gasteiger partial charge in [-0.15, -0.1) is 0 Å². The molecule has 1 aliphatic carbocycles. The molecule has 1 amide bonds. The third-order valence-electron chi connectivity index (χ3n) is 4.69. The van der Waals surface area contributed by atoms with Crippen LogP contribution in [-0.4, -0.2) is 40.3 Å². The number of likely N-dealkylation sites (tertiary alicyclic amines) is 1. The summed E-state index contributed by atoms with van der Waals surface area (Å²) in [6, 6.07) is -0.217. The first kappa shape index (κ1) is 16.1. The summed E-state index contributed by atoms with van der Waals surface area (Å²) in [5.74, 6) is -0.748. The quantitative estimate of drug-likeness (QED) is 0.848. The Kier molecular flexibility index (Phi) is 4.49. The zero-order valence-corrected chi connectivity index (χ0v) is 13.4. The second kappa shape index (κ2) is 5.85. The van der Waals surface area contributed by atoms with Crippen LogP contribution >= 0.6 is 0 Å². The molecule has 120 valence electrons. The molecular weight excluding hydrogens is 270 g/mol. The van der Waals surface area contributed by atoms with E-state index in [1.165, 1.54) is 0 Å². The average Bonchev–Trinajstić information content (AvgIpc) is 2.87. The van der Waals surface area contributed by atoms with Gasteiger partial charge in [0.1, 0.15) is 5.60 Å². The number of carboxylic acid groups (broad SMARTS) is 1. The Morgan fingerprint density at radius 1 is 1.14 bits per heavy atom. The van der Waals surface area contributed by atoms with Crippen LogP contribution in [0.2, 0.25) is 0 Å². The van der Waals surface area contributed by atoms with Crippen molar-refractivity contribution in [3.05, 3.63) is 0 Å². The van der Waals surface area contributed by atoms with Crippen LogP contribution in [0.5, 0.6) is 0 Å². The first-order valence-electron chi connectivity index (χ1n) is 7.99. The number of ether oxygens (including phenoxy) is 1. The summed E-state index contributed by atoms with van der Waals surface area (Å²) in [5.41, 5.74) is -1.32. The average molecular weight is 297 g/mol. The van der Waals surface area contributed by atoms with Crippen LogP contribution < -0.4 is 0 Å². The third-order valence-corrected chi connectivity index (χ3v) is 4.69. The molecule has 1 saturated carbocycles. The predicted octanol–water partition coefficient (Wildman–Crippen LogP) is 3.42. The number of nitrogens with zero attached hydrogens (tertiary/aromatic N) is 1. The molecule has 2 aliphatic rings. The highest BCUT2D eigenvalue weighted by Gasteiger charge is 2.52. The standard InChI is InChI=1S/C16H27NO4/c1-15(2,3)21-14(20)17-11-7-8-12(17)16(13(18)19)9-5-4-6-10-16/h12H,4-11H2,1-3H3,(H,18,19). The molecule has 1 saturated heterocycles. The van der Waals surface area contributed by atoms with E-state index in [1.807, 2.05) is 20.8 Å². The molecule has 0 spiro atoms. The molecule has 0 aromatic heterocycles. The van der Waals surface area contributed by atoms with Crippen LogP contribution in [-0.2, 0) is 9.53 Å². The maximum absolute atomic E-state index is 12.4. The van der Waals surface area contributed by atoms with E-state index in [1.54, 1.807) is 4.90 Å². The van der Waals surface area contributed by atoms with Crippen molar-refractivity contribution in [2.24, 2.45) is 5.41 Å². The van der Waals surface area contributed by atoms with Crippen LogP contribution in [0.15, 0.2) is 0 Å². The van der Waals surface area contributed by atoms with E-state index in [4.69, 9.17) is 4.74 Å². The largest absolute Gasteiger partial charge is 0.481 e. The number of carbonyl (C=O) groups is 2. The van der Waals surface area contributed by atoms with Crippen LogP contribution in [0.25, 0.3) is 0 Å². The van der Waals surface area contributed by atoms with Gasteiger partial charge in [0.25, 0.3) is 0 Å². The van der Waals surface area contributed by atoms with Crippen LogP contribution in [0.3, 0.4) is 0 Å². The highest BCUT2D eigenvalue weighted by atomic mass is 16.6. The molecule has 1 aliphatic heterocycles. The molecule has 0 radical (unpaired) electrons. The monoisotopic (exact) mass is 297 g/mol. The van der Waals surface area contributed by atoms with Crippen molar-refractivity contribution >= 4 is 12.1 Å². The van der Waals surface area contributed by atoms with Gasteiger partial charge >= 0.3 is 12.1 Å². The molecule has 21 heavy (non-hydrogen) atoms. The van der Waals surface area contributed by atoms with Gasteiger partial charge in [-0.2, -0.15) is 0 Å². The van der Waals surface area contributed by atoms with Gasteiger partial charge < -0.3 is 14.7 Å². The number of hydrogen-bond donors (Lipinski definition) is 1. The normalized spacial score (nSPS) is 25.7. The van der Waals surface area contributed by atoms with Crippen LogP contribution in [0.4, 0.5) is 4.79 Å². The smallest absolute Gasteiger partial charge is 0.410 e. The predicted molar refractivity (Wildman–Crippen MR) is 79.1 cm³/mol. The lowest BCUT2D eigenvalue weighted by atomic mass is 9.68. The van der Waals surface area contributed by atoms with E-state index >= 15 is 0 Å². The topological polar surface area (TPSA) is 66.8 Å². The summed E-state index contributed by atoms with van der Waals surface area (Å²) in [6.07, 6.45) is 5.57. The van der Waals surface area contributed by atoms with E-state index in [0.717, 1.165) is 32.1 Å². The minimum Gasteiger partial charge on any atom is -0.481 e. The maximum Gasteiger partial charge on any atom is 0.410 e. The molecule has 0 aromatic carbocycles. The zero-order valence-electron chi connectivity index (χ0n) is 13.4. The SMILES string of the molecule is CC(C)(C)OC(=O)N1CCCC1C1(C(=O)O)CCCCC1. The highest BCUT2D eigenvalue weighted by molar-refractivity contribution is 5.78. The summed E-state index contributed by atoms with van der Waals surface area (Å²) in [5, 5.41) is 9.80. The van der Waals surface area contributed by atoms with Gasteiger partial charge in [0.15, 0.2) is 0 Å². The van der Waals surface area contributed by atoms with E-state index in [9.17, 15) is 14.7 Å². The van der Waals surface area contributed by atoms with Crippen molar-refractivity contribution in [1.82, 2.24) is 4.90 Å². The molecule has 5 heteroatoms. The van der Waals surface area contributed by atoms with E-state index < -0.39 is 17.0 Å². The van der Waals surface area contributed by atoms with Crippen molar-refractivity contribution in [2.75, 3.05) is 6.54 Å². The zero-order chi connectivity index (χ0) is 15.7. The first-order valence-corrected chi connectivity index (χ1v) is 7.99. The van der Waals surface area contributed by atoms with E-state index in [0.29, 0.717) is 19.4 Å². The molecule has 1 unspecified atom stereocenters. The Hall–Kier alpha value is -1.26. The Labute approximate surface area is 126 Å². The maximum atomic E-state index is 12.4. The minimum atomic E-state index is -0.772. The van der Waals surface area contributed by atoms with Crippen molar-refractivity contribution in [3.8, 4) is 0 Å². The van der Waals surface area contributed by atoms with Gasteiger partial charge in [-0.3, -0.25) is 4.79 Å². The second-order valence-corrected chi connectivity index (χ2v) is 7.35. The molecule has 1 heterocycles. The summed E-state index contributed by atoms with van der Waals surface area (Å²) in [7, 11) is 0. The number of carbonyl (C=O) groups excluding carboxylic acids is 1. The number of amides is 1. The Balaban J connectivity index is 2.20. The molecule has 5 nitrogen and oxygen atoms in total. The lowest BCUT2D eigenvalue weighted by Gasteiger charge is -2.42. The molecule has 1 atom stereocenters. The van der Waals surface area contributed by atoms with Crippen molar-refractivity contribution < 1.29 is 19.4 Å².